The highest BCUT2D eigenvalue weighted by Crippen LogP contribution is 2.39. The molecule has 2 heterocycles. The maximum absolute atomic E-state index is 13.9. The molecule has 32 heavy (non-hydrogen) atoms. The molecule has 1 atom stereocenters. The van der Waals surface area contributed by atoms with Gasteiger partial charge < -0.3 is 9.32 Å². The van der Waals surface area contributed by atoms with Gasteiger partial charge in [0, 0.05) is 11.4 Å². The van der Waals surface area contributed by atoms with Crippen molar-refractivity contribution in [1.29, 1.82) is 0 Å². The van der Waals surface area contributed by atoms with Crippen molar-refractivity contribution >= 4 is 28.6 Å². The van der Waals surface area contributed by atoms with E-state index in [1.165, 1.54) is 18.2 Å². The van der Waals surface area contributed by atoms with Crippen LogP contribution in [0.15, 0.2) is 80.8 Å². The first-order valence-electron chi connectivity index (χ1n) is 10.2. The van der Waals surface area contributed by atoms with E-state index in [0.29, 0.717) is 6.54 Å². The van der Waals surface area contributed by atoms with Gasteiger partial charge in [0.2, 0.25) is 5.76 Å². The van der Waals surface area contributed by atoms with Gasteiger partial charge in [-0.3, -0.25) is 9.59 Å². The molecule has 4 nitrogen and oxygen atoms in total. The van der Waals surface area contributed by atoms with E-state index in [0.717, 1.165) is 21.6 Å². The number of benzene rings is 3. The van der Waals surface area contributed by atoms with Gasteiger partial charge in [0.05, 0.1) is 17.0 Å². The van der Waals surface area contributed by atoms with Gasteiger partial charge in [0.1, 0.15) is 11.4 Å². The molecule has 4 aromatic rings. The van der Waals surface area contributed by atoms with Gasteiger partial charge in [-0.25, -0.2) is 4.39 Å². The lowest BCUT2D eigenvalue weighted by Gasteiger charge is -2.25. The third-order valence-corrected chi connectivity index (χ3v) is 6.58. The van der Waals surface area contributed by atoms with Crippen molar-refractivity contribution in [3.05, 3.63) is 111 Å². The number of carbonyl (C=O) groups excluding carboxylic acids is 1. The van der Waals surface area contributed by atoms with Gasteiger partial charge in [0.15, 0.2) is 5.43 Å². The van der Waals surface area contributed by atoms with Crippen LogP contribution in [0.1, 0.15) is 38.9 Å². The topological polar surface area (TPSA) is 50.5 Å². The molecule has 1 amide bonds. The summed E-state index contributed by atoms with van der Waals surface area (Å²) in [7, 11) is 0. The maximum Gasteiger partial charge on any atom is 0.291 e. The van der Waals surface area contributed by atoms with Gasteiger partial charge in [-0.15, -0.1) is 11.8 Å². The van der Waals surface area contributed by atoms with Gasteiger partial charge in [0.25, 0.3) is 5.91 Å². The summed E-state index contributed by atoms with van der Waals surface area (Å²) in [4.78, 5) is 29.6. The number of fused-ring (bicyclic) bond motifs is 2. The molecule has 0 saturated carbocycles. The van der Waals surface area contributed by atoms with Crippen molar-refractivity contribution in [3.8, 4) is 0 Å². The molecule has 160 valence electrons. The number of halogens is 1. The van der Waals surface area contributed by atoms with Crippen LogP contribution in [0.3, 0.4) is 0 Å². The second kappa shape index (κ2) is 7.95. The Hall–Kier alpha value is -3.38. The zero-order valence-corrected chi connectivity index (χ0v) is 18.4. The molecule has 0 bridgehead atoms. The normalized spacial score (nSPS) is 15.4. The molecule has 1 aliphatic heterocycles. The number of thioether (sulfide) groups is 1. The zero-order valence-electron chi connectivity index (χ0n) is 17.6. The standard InChI is InChI=1S/C26H20FNO3S/c1-15-3-5-16(6-4-15)14-28-23(17-7-10-19(32-2)11-8-17)22-24(29)20-13-18(27)9-12-21(20)31-25(22)26(28)30/h3-13,23H,14H2,1-2H3/t23-/m1/s1. The molecular weight excluding hydrogens is 425 g/mol. The summed E-state index contributed by atoms with van der Waals surface area (Å²) >= 11 is 1.62. The van der Waals surface area contributed by atoms with Crippen LogP contribution in [0.2, 0.25) is 0 Å². The van der Waals surface area contributed by atoms with E-state index in [1.807, 2.05) is 61.7 Å². The first-order chi connectivity index (χ1) is 15.5. The zero-order chi connectivity index (χ0) is 22.4. The summed E-state index contributed by atoms with van der Waals surface area (Å²) in [5, 5.41) is 0.138. The lowest BCUT2D eigenvalue weighted by molar-refractivity contribution is 0.0714. The highest BCUT2D eigenvalue weighted by atomic mass is 32.2. The van der Waals surface area contributed by atoms with Crippen molar-refractivity contribution < 1.29 is 13.6 Å². The number of carbonyl (C=O) groups is 1. The number of nitrogens with zero attached hydrogens (tertiary/aromatic N) is 1. The molecule has 0 unspecified atom stereocenters. The summed E-state index contributed by atoms with van der Waals surface area (Å²) in [6, 6.07) is 18.9. The highest BCUT2D eigenvalue weighted by molar-refractivity contribution is 7.98. The van der Waals surface area contributed by atoms with E-state index in [2.05, 4.69) is 0 Å². The first kappa shape index (κ1) is 20.5. The largest absolute Gasteiger partial charge is 0.450 e. The molecular formula is C26H20FNO3S. The van der Waals surface area contributed by atoms with Crippen LogP contribution in [0.4, 0.5) is 4.39 Å². The second-order valence-electron chi connectivity index (χ2n) is 7.91. The molecule has 1 aromatic heterocycles. The SMILES string of the molecule is CSc1ccc([C@@H]2c3c(oc4ccc(F)cc4c3=O)C(=O)N2Cc2ccc(C)cc2)cc1. The van der Waals surface area contributed by atoms with E-state index in [4.69, 9.17) is 4.42 Å². The second-order valence-corrected chi connectivity index (χ2v) is 8.79. The quantitative estimate of drug-likeness (QED) is 0.378. The Bertz CT molecular complexity index is 1390. The summed E-state index contributed by atoms with van der Waals surface area (Å²) in [5.74, 6) is -0.838. The molecule has 1 aliphatic rings. The Balaban J connectivity index is 1.70. The number of rotatable bonds is 4. The van der Waals surface area contributed by atoms with Crippen molar-refractivity contribution in [1.82, 2.24) is 4.90 Å². The Labute approximate surface area is 188 Å². The van der Waals surface area contributed by atoms with Gasteiger partial charge >= 0.3 is 0 Å². The predicted octanol–water partition coefficient (Wildman–Crippen LogP) is 5.71. The van der Waals surface area contributed by atoms with Crippen LogP contribution in [0, 0.1) is 12.7 Å². The number of aryl methyl sites for hydroxylation is 1. The summed E-state index contributed by atoms with van der Waals surface area (Å²) in [6.07, 6.45) is 1.99. The minimum atomic E-state index is -0.612. The van der Waals surface area contributed by atoms with E-state index in [-0.39, 0.29) is 33.6 Å². The minimum absolute atomic E-state index is 0.0279. The highest BCUT2D eigenvalue weighted by Gasteiger charge is 2.42. The Morgan fingerprint density at radius 3 is 2.41 bits per heavy atom. The van der Waals surface area contributed by atoms with Gasteiger partial charge in [-0.2, -0.15) is 0 Å². The van der Waals surface area contributed by atoms with Crippen LogP contribution in [0.5, 0.6) is 0 Å². The van der Waals surface area contributed by atoms with Crippen LogP contribution in [-0.4, -0.2) is 17.1 Å². The Kier molecular flexibility index (Phi) is 5.10. The molecule has 5 rings (SSSR count). The maximum atomic E-state index is 13.9. The van der Waals surface area contributed by atoms with Crippen LogP contribution in [-0.2, 0) is 6.54 Å². The first-order valence-corrected chi connectivity index (χ1v) is 11.5. The molecule has 0 aliphatic carbocycles. The number of amides is 1. The minimum Gasteiger partial charge on any atom is -0.450 e. The molecule has 0 spiro atoms. The lowest BCUT2D eigenvalue weighted by Crippen LogP contribution is -2.29. The van der Waals surface area contributed by atoms with Crippen molar-refractivity contribution in [3.63, 3.8) is 0 Å². The summed E-state index contributed by atoms with van der Waals surface area (Å²) in [6.45, 7) is 2.33. The van der Waals surface area contributed by atoms with Crippen molar-refractivity contribution in [2.75, 3.05) is 6.26 Å². The van der Waals surface area contributed by atoms with Crippen molar-refractivity contribution in [2.45, 2.75) is 24.4 Å². The fourth-order valence-electron chi connectivity index (χ4n) is 4.18. The van der Waals surface area contributed by atoms with E-state index >= 15 is 0 Å². The van der Waals surface area contributed by atoms with E-state index < -0.39 is 11.9 Å². The van der Waals surface area contributed by atoms with E-state index in [1.54, 1.807) is 16.7 Å². The Morgan fingerprint density at radius 1 is 1.00 bits per heavy atom. The lowest BCUT2D eigenvalue weighted by atomic mass is 9.98. The van der Waals surface area contributed by atoms with Crippen LogP contribution in [0.25, 0.3) is 11.0 Å². The molecule has 6 heteroatoms. The molecule has 0 N–H and O–H groups in total. The molecule has 0 fully saturated rings. The summed E-state index contributed by atoms with van der Waals surface area (Å²) < 4.78 is 19.8. The van der Waals surface area contributed by atoms with Gasteiger partial charge in [-0.1, -0.05) is 42.0 Å². The predicted molar refractivity (Wildman–Crippen MR) is 124 cm³/mol. The van der Waals surface area contributed by atoms with Crippen LogP contribution >= 0.6 is 11.8 Å². The fraction of sp³-hybridized carbons (Fsp3) is 0.154. The number of hydrogen-bond acceptors (Lipinski definition) is 4. The number of hydrogen-bond donors (Lipinski definition) is 0. The Morgan fingerprint density at radius 2 is 1.72 bits per heavy atom. The molecule has 0 radical (unpaired) electrons. The fourth-order valence-corrected chi connectivity index (χ4v) is 4.59. The van der Waals surface area contributed by atoms with Crippen molar-refractivity contribution in [2.24, 2.45) is 0 Å². The average molecular weight is 446 g/mol. The molecule has 0 saturated heterocycles. The van der Waals surface area contributed by atoms with E-state index in [9.17, 15) is 14.0 Å². The third-order valence-electron chi connectivity index (χ3n) is 5.83. The average Bonchev–Trinajstić information content (AvgIpc) is 3.08. The monoisotopic (exact) mass is 445 g/mol. The van der Waals surface area contributed by atoms with Gasteiger partial charge in [-0.05, 0) is 54.6 Å². The molecule has 3 aromatic carbocycles. The third kappa shape index (κ3) is 3.41. The van der Waals surface area contributed by atoms with Crippen LogP contribution < -0.4 is 5.43 Å². The summed E-state index contributed by atoms with van der Waals surface area (Å²) in [5.41, 5.74) is 2.98. The smallest absolute Gasteiger partial charge is 0.291 e.